The Morgan fingerprint density at radius 3 is 2.46 bits per heavy atom. The molecule has 0 radical (unpaired) electrons. The molecule has 1 aromatic rings. The summed E-state index contributed by atoms with van der Waals surface area (Å²) in [6.07, 6.45) is -10.6. The first kappa shape index (κ1) is 18.2. The number of aliphatic hydroxyl groups is 1. The normalized spacial score (nSPS) is 21.6. The van der Waals surface area contributed by atoms with Crippen molar-refractivity contribution < 1.29 is 36.2 Å². The number of alkyl halides is 6. The maximum Gasteiger partial charge on any atom is 0.438 e. The van der Waals surface area contributed by atoms with Crippen LogP contribution in [0.1, 0.15) is 24.2 Å². The number of rotatable bonds is 3. The van der Waals surface area contributed by atoms with Crippen molar-refractivity contribution in [3.8, 4) is 0 Å². The molecule has 0 bridgehead atoms. The van der Waals surface area contributed by atoms with Gasteiger partial charge in [-0.25, -0.2) is 0 Å². The van der Waals surface area contributed by atoms with Crippen LogP contribution in [-0.2, 0) is 17.5 Å². The van der Waals surface area contributed by atoms with E-state index in [1.54, 1.807) is 0 Å². The van der Waals surface area contributed by atoms with Crippen molar-refractivity contribution in [3.63, 3.8) is 0 Å². The van der Waals surface area contributed by atoms with Gasteiger partial charge in [0.05, 0.1) is 6.54 Å². The van der Waals surface area contributed by atoms with E-state index < -0.39 is 42.5 Å². The Bertz CT molecular complexity index is 665. The van der Waals surface area contributed by atoms with E-state index in [9.17, 15) is 36.2 Å². The first-order chi connectivity index (χ1) is 10.9. The second kappa shape index (κ2) is 5.76. The van der Waals surface area contributed by atoms with Gasteiger partial charge in [0, 0.05) is 24.8 Å². The predicted molar refractivity (Wildman–Crippen MR) is 67.5 cm³/mol. The van der Waals surface area contributed by atoms with Crippen molar-refractivity contribution in [1.29, 1.82) is 0 Å². The highest BCUT2D eigenvalue weighted by Crippen LogP contribution is 2.38. The second-order valence-electron chi connectivity index (χ2n) is 5.16. The van der Waals surface area contributed by atoms with Gasteiger partial charge < -0.3 is 5.11 Å². The Kier molecular flexibility index (Phi) is 4.37. The fraction of sp³-hybridized carbons (Fsp3) is 0.583. The number of hydrazone groups is 1. The van der Waals surface area contributed by atoms with Crippen molar-refractivity contribution in [2.45, 2.75) is 44.4 Å². The largest absolute Gasteiger partial charge is 0.438 e. The maximum absolute atomic E-state index is 12.9. The summed E-state index contributed by atoms with van der Waals surface area (Å²) in [5, 5.41) is 16.0. The van der Waals surface area contributed by atoms with E-state index in [1.165, 1.54) is 6.92 Å². The molecular formula is C12H12F6N4O2. The Morgan fingerprint density at radius 2 is 1.96 bits per heavy atom. The smallest absolute Gasteiger partial charge is 0.362 e. The molecule has 1 aromatic heterocycles. The van der Waals surface area contributed by atoms with E-state index in [0.717, 1.165) is 17.0 Å². The lowest BCUT2D eigenvalue weighted by Crippen LogP contribution is -2.56. The Hall–Kier alpha value is -2.11. The van der Waals surface area contributed by atoms with E-state index in [-0.39, 0.29) is 17.2 Å². The van der Waals surface area contributed by atoms with Gasteiger partial charge >= 0.3 is 12.4 Å². The average molecular weight is 358 g/mol. The van der Waals surface area contributed by atoms with Crippen molar-refractivity contribution in [1.82, 2.24) is 14.8 Å². The zero-order chi connectivity index (χ0) is 18.3. The van der Waals surface area contributed by atoms with E-state index in [4.69, 9.17) is 0 Å². The zero-order valence-electron chi connectivity index (χ0n) is 12.2. The molecule has 24 heavy (non-hydrogen) atoms. The van der Waals surface area contributed by atoms with Crippen molar-refractivity contribution in [2.24, 2.45) is 5.10 Å². The third-order valence-corrected chi connectivity index (χ3v) is 3.42. The van der Waals surface area contributed by atoms with Crippen LogP contribution < -0.4 is 0 Å². The molecule has 6 nitrogen and oxygen atoms in total. The van der Waals surface area contributed by atoms with E-state index in [2.05, 4.69) is 10.2 Å². The predicted octanol–water partition coefficient (Wildman–Crippen LogP) is 2.07. The first-order valence-corrected chi connectivity index (χ1v) is 6.62. The van der Waals surface area contributed by atoms with E-state index in [1.807, 2.05) is 0 Å². The molecule has 0 fully saturated rings. The van der Waals surface area contributed by atoms with E-state index in [0.29, 0.717) is 0 Å². The van der Waals surface area contributed by atoms with Crippen LogP contribution in [0.25, 0.3) is 0 Å². The van der Waals surface area contributed by atoms with Gasteiger partial charge in [0.25, 0.3) is 5.72 Å². The van der Waals surface area contributed by atoms with Gasteiger partial charge in [-0.2, -0.15) is 41.6 Å². The van der Waals surface area contributed by atoms with Gasteiger partial charge in [0.2, 0.25) is 5.91 Å². The van der Waals surface area contributed by atoms with Gasteiger partial charge in [0.15, 0.2) is 5.69 Å². The highest BCUT2D eigenvalue weighted by Gasteiger charge is 2.61. The lowest BCUT2D eigenvalue weighted by atomic mass is 10.1. The van der Waals surface area contributed by atoms with Crippen LogP contribution in [0, 0.1) is 6.92 Å². The molecule has 12 heteroatoms. The van der Waals surface area contributed by atoms with Crippen molar-refractivity contribution in [2.75, 3.05) is 0 Å². The number of hydrogen-bond donors (Lipinski definition) is 1. The van der Waals surface area contributed by atoms with Crippen LogP contribution in [-0.4, -0.2) is 43.9 Å². The standard InChI is InChI=1S/C12H12F6N4O2/c1-7-6-8(11(13,14)15)20-21(7)5-2-9(23)22-10(24,3-4-19-22)12(16,17)18/h4,6,24H,2-3,5H2,1H3. The molecule has 0 saturated carbocycles. The third-order valence-electron chi connectivity index (χ3n) is 3.42. The second-order valence-corrected chi connectivity index (χ2v) is 5.16. The summed E-state index contributed by atoms with van der Waals surface area (Å²) in [6, 6.07) is 0.755. The van der Waals surface area contributed by atoms with Crippen LogP contribution in [0.4, 0.5) is 26.3 Å². The number of hydrogen-bond acceptors (Lipinski definition) is 4. The summed E-state index contributed by atoms with van der Waals surface area (Å²) < 4.78 is 77.0. The minimum absolute atomic E-state index is 0.0890. The highest BCUT2D eigenvalue weighted by atomic mass is 19.4. The van der Waals surface area contributed by atoms with Gasteiger partial charge in [-0.1, -0.05) is 0 Å². The lowest BCUT2D eigenvalue weighted by Gasteiger charge is -2.32. The molecule has 1 atom stereocenters. The topological polar surface area (TPSA) is 70.7 Å². The number of carbonyl (C=O) groups excluding carboxylic acids is 1. The van der Waals surface area contributed by atoms with Crippen molar-refractivity contribution in [3.05, 3.63) is 17.5 Å². The SMILES string of the molecule is Cc1cc(C(F)(F)F)nn1CCC(=O)N1N=CCC1(O)C(F)(F)F. The first-order valence-electron chi connectivity index (χ1n) is 6.62. The minimum atomic E-state index is -5.12. The van der Waals surface area contributed by atoms with Crippen LogP contribution in [0.15, 0.2) is 11.2 Å². The van der Waals surface area contributed by atoms with Gasteiger partial charge in [-0.3, -0.25) is 9.48 Å². The molecular weight excluding hydrogens is 346 g/mol. The summed E-state index contributed by atoms with van der Waals surface area (Å²) in [4.78, 5) is 11.9. The van der Waals surface area contributed by atoms with Gasteiger partial charge in [0.1, 0.15) is 0 Å². The third kappa shape index (κ3) is 3.23. The van der Waals surface area contributed by atoms with E-state index >= 15 is 0 Å². The van der Waals surface area contributed by atoms with Gasteiger partial charge in [-0.05, 0) is 13.0 Å². The molecule has 1 unspecified atom stereocenters. The molecule has 2 rings (SSSR count). The molecule has 0 aromatic carbocycles. The molecule has 0 saturated heterocycles. The monoisotopic (exact) mass is 358 g/mol. The Labute approximate surface area is 131 Å². The summed E-state index contributed by atoms with van der Waals surface area (Å²) in [6.45, 7) is 0.924. The number of amides is 1. The summed E-state index contributed by atoms with van der Waals surface area (Å²) in [5.74, 6) is -1.19. The number of aryl methyl sites for hydroxylation is 2. The number of halogens is 6. The summed E-state index contributed by atoms with van der Waals surface area (Å²) >= 11 is 0. The number of aromatic nitrogens is 2. The zero-order valence-corrected chi connectivity index (χ0v) is 12.2. The number of nitrogens with zero attached hydrogens (tertiary/aromatic N) is 4. The van der Waals surface area contributed by atoms with Gasteiger partial charge in [-0.15, -0.1) is 0 Å². The lowest BCUT2D eigenvalue weighted by molar-refractivity contribution is -0.302. The summed E-state index contributed by atoms with van der Waals surface area (Å²) in [5.41, 5.74) is -4.52. The van der Waals surface area contributed by atoms with Crippen LogP contribution in [0.5, 0.6) is 0 Å². The average Bonchev–Trinajstić information content (AvgIpc) is 2.99. The Morgan fingerprint density at radius 1 is 1.33 bits per heavy atom. The molecule has 1 N–H and O–H groups in total. The summed E-state index contributed by atoms with van der Waals surface area (Å²) in [7, 11) is 0. The molecule has 2 heterocycles. The number of carbonyl (C=O) groups is 1. The Balaban J connectivity index is 2.09. The molecule has 1 aliphatic rings. The molecule has 1 amide bonds. The molecule has 0 aliphatic carbocycles. The van der Waals surface area contributed by atoms with Crippen LogP contribution in [0.2, 0.25) is 0 Å². The van der Waals surface area contributed by atoms with Crippen molar-refractivity contribution >= 4 is 12.1 Å². The fourth-order valence-electron chi connectivity index (χ4n) is 2.12. The quantitative estimate of drug-likeness (QED) is 0.841. The maximum atomic E-state index is 12.9. The molecule has 0 spiro atoms. The fourth-order valence-corrected chi connectivity index (χ4v) is 2.12. The molecule has 134 valence electrons. The van der Waals surface area contributed by atoms with Crippen LogP contribution >= 0.6 is 0 Å². The minimum Gasteiger partial charge on any atom is -0.362 e. The molecule has 1 aliphatic heterocycles. The van der Waals surface area contributed by atoms with Crippen LogP contribution in [0.3, 0.4) is 0 Å². The highest BCUT2D eigenvalue weighted by molar-refractivity contribution is 5.80.